The van der Waals surface area contributed by atoms with Gasteiger partial charge in [-0.05, 0) is 12.3 Å². The predicted octanol–water partition coefficient (Wildman–Crippen LogP) is 2.73. The molecule has 0 unspecified atom stereocenters. The fourth-order valence-electron chi connectivity index (χ4n) is 0.663. The molecule has 0 radical (unpaired) electrons. The number of hydrogen-bond acceptors (Lipinski definition) is 1. The van der Waals surface area contributed by atoms with Crippen molar-refractivity contribution in [2.45, 2.75) is 39.5 Å². The van der Waals surface area contributed by atoms with Gasteiger partial charge in [-0.2, -0.15) is 5.26 Å². The summed E-state index contributed by atoms with van der Waals surface area (Å²) in [4.78, 5) is 0. The molecule has 1 heteroatoms. The minimum atomic E-state index is -1.95. The Labute approximate surface area is 61.9 Å². The van der Waals surface area contributed by atoms with Gasteiger partial charge < -0.3 is 0 Å². The van der Waals surface area contributed by atoms with Gasteiger partial charge in [-0.15, -0.1) is 0 Å². The molecule has 0 saturated heterocycles. The summed E-state index contributed by atoms with van der Waals surface area (Å²) in [6, 6.07) is 1.92. The van der Waals surface area contributed by atoms with E-state index in [4.69, 9.17) is 9.37 Å². The molecule has 1 nitrogen and oxygen atoms in total. The highest BCUT2D eigenvalue weighted by atomic mass is 14.2. The minimum Gasteiger partial charge on any atom is -0.198 e. The van der Waals surface area contributed by atoms with Crippen molar-refractivity contribution in [3.8, 4) is 6.07 Å². The molecule has 0 spiro atoms. The van der Waals surface area contributed by atoms with E-state index in [0.717, 1.165) is 12.8 Å². The Balaban J connectivity index is 3.97. The SMILES string of the molecule is [2H]C([2H])([2H])[C@H](CC#N)CCCC. The molecule has 0 aromatic rings. The second kappa shape index (κ2) is 5.62. The number of rotatable bonds is 4. The van der Waals surface area contributed by atoms with Crippen molar-refractivity contribution >= 4 is 0 Å². The molecular formula is C8H15N. The van der Waals surface area contributed by atoms with E-state index in [1.165, 1.54) is 0 Å². The van der Waals surface area contributed by atoms with Gasteiger partial charge in [0.05, 0.1) is 6.07 Å². The van der Waals surface area contributed by atoms with Gasteiger partial charge in [0, 0.05) is 10.5 Å². The second-order valence-corrected chi connectivity index (χ2v) is 2.20. The zero-order valence-electron chi connectivity index (χ0n) is 8.85. The lowest BCUT2D eigenvalue weighted by molar-refractivity contribution is 0.516. The highest BCUT2D eigenvalue weighted by Gasteiger charge is 1.97. The van der Waals surface area contributed by atoms with Crippen LogP contribution in [0.15, 0.2) is 0 Å². The lowest BCUT2D eigenvalue weighted by Gasteiger charge is -2.02. The fourth-order valence-corrected chi connectivity index (χ4v) is 0.663. The summed E-state index contributed by atoms with van der Waals surface area (Å²) in [5.41, 5.74) is 0. The maximum absolute atomic E-state index is 8.40. The number of nitrogens with zero attached hydrogens (tertiary/aromatic N) is 1. The molecule has 0 rings (SSSR count). The standard InChI is InChI=1S/C8H15N/c1-3-4-5-8(2)6-7-9/h8H,3-6H2,1-2H3/t8-/m0/s1/i2D3. The molecule has 0 bridgehead atoms. The third-order valence-corrected chi connectivity index (χ3v) is 1.24. The maximum Gasteiger partial charge on any atom is 0.0624 e. The van der Waals surface area contributed by atoms with E-state index in [9.17, 15) is 0 Å². The van der Waals surface area contributed by atoms with Gasteiger partial charge in [-0.3, -0.25) is 0 Å². The fraction of sp³-hybridized carbons (Fsp3) is 0.875. The summed E-state index contributed by atoms with van der Waals surface area (Å²) in [5.74, 6) is -0.428. The third-order valence-electron chi connectivity index (χ3n) is 1.24. The van der Waals surface area contributed by atoms with Crippen LogP contribution in [0.2, 0.25) is 0 Å². The van der Waals surface area contributed by atoms with E-state index >= 15 is 0 Å². The molecule has 0 aromatic carbocycles. The first-order valence-corrected chi connectivity index (χ1v) is 3.39. The van der Waals surface area contributed by atoms with Crippen LogP contribution in [0.4, 0.5) is 0 Å². The Morgan fingerprint density at radius 2 is 2.56 bits per heavy atom. The van der Waals surface area contributed by atoms with Crippen LogP contribution in [0.3, 0.4) is 0 Å². The summed E-state index contributed by atoms with van der Waals surface area (Å²) in [7, 11) is 0. The van der Waals surface area contributed by atoms with E-state index in [0.29, 0.717) is 6.42 Å². The summed E-state index contributed by atoms with van der Waals surface area (Å²) >= 11 is 0. The largest absolute Gasteiger partial charge is 0.198 e. The van der Waals surface area contributed by atoms with Crippen molar-refractivity contribution in [3.05, 3.63) is 0 Å². The van der Waals surface area contributed by atoms with E-state index in [2.05, 4.69) is 0 Å². The van der Waals surface area contributed by atoms with Crippen molar-refractivity contribution in [3.63, 3.8) is 0 Å². The number of nitriles is 1. The van der Waals surface area contributed by atoms with Gasteiger partial charge in [0.15, 0.2) is 0 Å². The molecule has 0 heterocycles. The third kappa shape index (κ3) is 5.36. The quantitative estimate of drug-likeness (QED) is 0.571. The lowest BCUT2D eigenvalue weighted by atomic mass is 10.0. The second-order valence-electron chi connectivity index (χ2n) is 2.20. The Bertz CT molecular complexity index is 157. The molecule has 0 aliphatic rings. The highest BCUT2D eigenvalue weighted by molar-refractivity contribution is 4.72. The van der Waals surface area contributed by atoms with Gasteiger partial charge in [0.25, 0.3) is 0 Å². The molecule has 0 aliphatic heterocycles. The molecule has 1 atom stereocenters. The predicted molar refractivity (Wildman–Crippen MR) is 38.9 cm³/mol. The van der Waals surface area contributed by atoms with Crippen LogP contribution in [-0.2, 0) is 0 Å². The van der Waals surface area contributed by atoms with Crippen LogP contribution in [0.25, 0.3) is 0 Å². The van der Waals surface area contributed by atoms with Crippen molar-refractivity contribution in [2.75, 3.05) is 0 Å². The van der Waals surface area contributed by atoms with Gasteiger partial charge >= 0.3 is 0 Å². The van der Waals surface area contributed by atoms with E-state index in [1.807, 2.05) is 13.0 Å². The summed E-state index contributed by atoms with van der Waals surface area (Å²) < 4.78 is 21.5. The lowest BCUT2D eigenvalue weighted by Crippen LogP contribution is -1.91. The topological polar surface area (TPSA) is 23.8 Å². The molecule has 0 fully saturated rings. The summed E-state index contributed by atoms with van der Waals surface area (Å²) in [6.07, 6.45) is 2.67. The van der Waals surface area contributed by atoms with Crippen molar-refractivity contribution < 1.29 is 4.11 Å². The first-order valence-electron chi connectivity index (χ1n) is 4.89. The average molecular weight is 128 g/mol. The van der Waals surface area contributed by atoms with Gasteiger partial charge in [0.1, 0.15) is 0 Å². The molecule has 0 amide bonds. The van der Waals surface area contributed by atoms with Gasteiger partial charge in [-0.25, -0.2) is 0 Å². The van der Waals surface area contributed by atoms with Crippen molar-refractivity contribution in [2.24, 2.45) is 5.92 Å². The molecular weight excluding hydrogens is 110 g/mol. The zero-order valence-corrected chi connectivity index (χ0v) is 5.85. The van der Waals surface area contributed by atoms with Crippen LogP contribution < -0.4 is 0 Å². The minimum absolute atomic E-state index is 0.149. The monoisotopic (exact) mass is 128 g/mol. The van der Waals surface area contributed by atoms with Gasteiger partial charge in [-0.1, -0.05) is 26.6 Å². The highest BCUT2D eigenvalue weighted by Crippen LogP contribution is 2.09. The molecule has 0 aromatic heterocycles. The van der Waals surface area contributed by atoms with Crippen molar-refractivity contribution in [1.29, 1.82) is 5.26 Å². The van der Waals surface area contributed by atoms with Crippen LogP contribution >= 0.6 is 0 Å². The normalized spacial score (nSPS) is 18.9. The molecule has 0 N–H and O–H groups in total. The van der Waals surface area contributed by atoms with Crippen LogP contribution in [-0.4, -0.2) is 0 Å². The Kier molecular flexibility index (Phi) is 2.70. The first-order chi connectivity index (χ1) is 5.52. The van der Waals surface area contributed by atoms with Gasteiger partial charge in [0.2, 0.25) is 0 Å². The molecule has 52 valence electrons. The van der Waals surface area contributed by atoms with Crippen molar-refractivity contribution in [1.82, 2.24) is 0 Å². The van der Waals surface area contributed by atoms with E-state index < -0.39 is 12.8 Å². The number of hydrogen-bond donors (Lipinski definition) is 0. The van der Waals surface area contributed by atoms with Crippen LogP contribution in [0.1, 0.15) is 43.6 Å². The maximum atomic E-state index is 8.40. The Hall–Kier alpha value is -0.510. The van der Waals surface area contributed by atoms with E-state index in [-0.39, 0.29) is 6.42 Å². The zero-order chi connectivity index (χ0) is 9.61. The summed E-state index contributed by atoms with van der Waals surface area (Å²) in [6.45, 7) is 0.0633. The molecule has 0 saturated carbocycles. The summed E-state index contributed by atoms with van der Waals surface area (Å²) in [5, 5.41) is 8.40. The smallest absolute Gasteiger partial charge is 0.0624 e. The average Bonchev–Trinajstić information content (AvgIpc) is 1.95. The molecule has 9 heavy (non-hydrogen) atoms. The Morgan fingerprint density at radius 1 is 1.78 bits per heavy atom. The van der Waals surface area contributed by atoms with Crippen LogP contribution in [0, 0.1) is 17.2 Å². The number of unbranched alkanes of at least 4 members (excludes halogenated alkanes) is 1. The van der Waals surface area contributed by atoms with Crippen LogP contribution in [0.5, 0.6) is 0 Å². The Morgan fingerprint density at radius 3 is 3.00 bits per heavy atom. The first kappa shape index (κ1) is 4.33. The molecule has 0 aliphatic carbocycles. The van der Waals surface area contributed by atoms with E-state index in [1.54, 1.807) is 0 Å².